The maximum absolute atomic E-state index is 13.8. The van der Waals surface area contributed by atoms with E-state index in [1.54, 1.807) is 48.4 Å². The van der Waals surface area contributed by atoms with Crippen LogP contribution in [0.5, 0.6) is 17.2 Å². The van der Waals surface area contributed by atoms with E-state index in [2.05, 4.69) is 0 Å². The Morgan fingerprint density at radius 3 is 2.66 bits per heavy atom. The second-order valence-corrected chi connectivity index (χ2v) is 7.74. The largest absolute Gasteiger partial charge is 0.497 e. The lowest BCUT2D eigenvalue weighted by molar-refractivity contribution is -0.117. The zero-order chi connectivity index (χ0) is 22.8. The molecule has 1 aliphatic heterocycles. The Labute approximate surface area is 185 Å². The lowest BCUT2D eigenvalue weighted by Crippen LogP contribution is -2.24. The summed E-state index contributed by atoms with van der Waals surface area (Å²) >= 11 is 0. The highest BCUT2D eigenvalue weighted by atomic mass is 19.1. The van der Waals surface area contributed by atoms with E-state index in [0.29, 0.717) is 35.0 Å². The maximum Gasteiger partial charge on any atom is 0.248 e. The number of hydrogen-bond acceptors (Lipinski definition) is 4. The standard InChI is InChI=1S/C25H23FN2O4/c1-15-6-7-18(26)12-22(15)32-23-13-20(31-2)8-9-21(23)17-11-24(29)28(14-17)19-5-3-4-16(10-19)25(27)30/h3-10,12-13,17H,11,14H2,1-2H3,(H2,27,30). The van der Waals surface area contributed by atoms with Gasteiger partial charge in [0.1, 0.15) is 23.1 Å². The number of carbonyl (C=O) groups excluding carboxylic acids is 2. The monoisotopic (exact) mass is 434 g/mol. The minimum Gasteiger partial charge on any atom is -0.497 e. The molecule has 0 aromatic heterocycles. The van der Waals surface area contributed by atoms with Crippen LogP contribution in [0.2, 0.25) is 0 Å². The van der Waals surface area contributed by atoms with Crippen molar-refractivity contribution in [1.82, 2.24) is 0 Å². The van der Waals surface area contributed by atoms with Crippen molar-refractivity contribution >= 4 is 17.5 Å². The molecule has 0 spiro atoms. The van der Waals surface area contributed by atoms with E-state index in [9.17, 15) is 14.0 Å². The molecule has 4 rings (SSSR count). The summed E-state index contributed by atoms with van der Waals surface area (Å²) in [6.45, 7) is 2.24. The third kappa shape index (κ3) is 4.27. The van der Waals surface area contributed by atoms with Gasteiger partial charge in [0.05, 0.1) is 7.11 Å². The van der Waals surface area contributed by atoms with Crippen LogP contribution in [0.3, 0.4) is 0 Å². The maximum atomic E-state index is 13.8. The number of ether oxygens (including phenoxy) is 2. The molecule has 1 heterocycles. The number of halogens is 1. The highest BCUT2D eigenvalue weighted by Crippen LogP contribution is 2.40. The van der Waals surface area contributed by atoms with Gasteiger partial charge in [-0.3, -0.25) is 9.59 Å². The minimum absolute atomic E-state index is 0.0691. The zero-order valence-electron chi connectivity index (χ0n) is 17.8. The Kier molecular flexibility index (Phi) is 5.81. The summed E-state index contributed by atoms with van der Waals surface area (Å²) in [6, 6.07) is 16.5. The molecule has 164 valence electrons. The first-order chi connectivity index (χ1) is 15.4. The van der Waals surface area contributed by atoms with Crippen molar-refractivity contribution in [2.24, 2.45) is 5.73 Å². The van der Waals surface area contributed by atoms with Gasteiger partial charge >= 0.3 is 0 Å². The third-order valence-electron chi connectivity index (χ3n) is 5.60. The number of amides is 2. The Morgan fingerprint density at radius 2 is 1.91 bits per heavy atom. The molecular weight excluding hydrogens is 411 g/mol. The molecule has 1 atom stereocenters. The van der Waals surface area contributed by atoms with Crippen LogP contribution in [0.15, 0.2) is 60.7 Å². The van der Waals surface area contributed by atoms with Gasteiger partial charge < -0.3 is 20.1 Å². The van der Waals surface area contributed by atoms with Crippen LogP contribution >= 0.6 is 0 Å². The van der Waals surface area contributed by atoms with Gasteiger partial charge in [-0.15, -0.1) is 0 Å². The normalized spacial score (nSPS) is 15.7. The van der Waals surface area contributed by atoms with Crippen molar-refractivity contribution in [1.29, 1.82) is 0 Å². The van der Waals surface area contributed by atoms with Gasteiger partial charge in [0.25, 0.3) is 0 Å². The third-order valence-corrected chi connectivity index (χ3v) is 5.60. The van der Waals surface area contributed by atoms with Crippen LogP contribution in [0.1, 0.15) is 33.8 Å². The molecule has 0 saturated carbocycles. The summed E-state index contributed by atoms with van der Waals surface area (Å²) in [5.74, 6) is 0.319. The molecule has 7 heteroatoms. The average Bonchev–Trinajstić information content (AvgIpc) is 3.17. The Bertz CT molecular complexity index is 1190. The summed E-state index contributed by atoms with van der Waals surface area (Å²) in [5, 5.41) is 0. The van der Waals surface area contributed by atoms with Gasteiger partial charge in [-0.2, -0.15) is 0 Å². The highest BCUT2D eigenvalue weighted by Gasteiger charge is 2.33. The molecule has 1 unspecified atom stereocenters. The Morgan fingerprint density at radius 1 is 1.09 bits per heavy atom. The fourth-order valence-corrected chi connectivity index (χ4v) is 3.86. The van der Waals surface area contributed by atoms with Gasteiger partial charge in [-0.1, -0.05) is 18.2 Å². The minimum atomic E-state index is -0.550. The summed E-state index contributed by atoms with van der Waals surface area (Å²) in [6.07, 6.45) is 0.269. The number of aryl methyl sites for hydroxylation is 1. The van der Waals surface area contributed by atoms with E-state index in [4.69, 9.17) is 15.2 Å². The first kappa shape index (κ1) is 21.4. The number of nitrogens with two attached hydrogens (primary N) is 1. The van der Waals surface area contributed by atoms with E-state index < -0.39 is 11.7 Å². The lowest BCUT2D eigenvalue weighted by Gasteiger charge is -2.20. The molecule has 2 amide bonds. The molecule has 0 radical (unpaired) electrons. The summed E-state index contributed by atoms with van der Waals surface area (Å²) < 4.78 is 25.2. The smallest absolute Gasteiger partial charge is 0.248 e. The second-order valence-electron chi connectivity index (χ2n) is 7.74. The van der Waals surface area contributed by atoms with E-state index in [1.807, 2.05) is 19.1 Å². The van der Waals surface area contributed by atoms with Crippen LogP contribution in [0, 0.1) is 12.7 Å². The topological polar surface area (TPSA) is 81.9 Å². The van der Waals surface area contributed by atoms with Crippen LogP contribution < -0.4 is 20.1 Å². The molecule has 32 heavy (non-hydrogen) atoms. The van der Waals surface area contributed by atoms with E-state index in [1.165, 1.54) is 12.1 Å². The number of nitrogens with zero attached hydrogens (tertiary/aromatic N) is 1. The summed E-state index contributed by atoms with van der Waals surface area (Å²) in [7, 11) is 1.55. The van der Waals surface area contributed by atoms with Crippen LogP contribution in [0.4, 0.5) is 10.1 Å². The Hall–Kier alpha value is -3.87. The van der Waals surface area contributed by atoms with Crippen molar-refractivity contribution < 1.29 is 23.5 Å². The molecule has 3 aromatic carbocycles. The quantitative estimate of drug-likeness (QED) is 0.617. The molecule has 1 saturated heterocycles. The molecule has 0 bridgehead atoms. The van der Waals surface area contributed by atoms with Gasteiger partial charge in [0, 0.05) is 47.8 Å². The van der Waals surface area contributed by atoms with Crippen LogP contribution in [-0.2, 0) is 4.79 Å². The number of carbonyl (C=O) groups is 2. The molecule has 1 fully saturated rings. The van der Waals surface area contributed by atoms with Gasteiger partial charge in [0.2, 0.25) is 11.8 Å². The van der Waals surface area contributed by atoms with Crippen LogP contribution in [0.25, 0.3) is 0 Å². The highest BCUT2D eigenvalue weighted by molar-refractivity contribution is 5.99. The molecule has 0 aliphatic carbocycles. The molecular formula is C25H23FN2O4. The van der Waals surface area contributed by atoms with Crippen molar-refractivity contribution in [3.63, 3.8) is 0 Å². The van der Waals surface area contributed by atoms with Crippen molar-refractivity contribution in [3.8, 4) is 17.2 Å². The molecule has 1 aliphatic rings. The summed E-state index contributed by atoms with van der Waals surface area (Å²) in [4.78, 5) is 26.0. The Balaban J connectivity index is 1.66. The fourth-order valence-electron chi connectivity index (χ4n) is 3.86. The van der Waals surface area contributed by atoms with E-state index in [-0.39, 0.29) is 18.2 Å². The van der Waals surface area contributed by atoms with E-state index in [0.717, 1.165) is 11.1 Å². The predicted molar refractivity (Wildman–Crippen MR) is 119 cm³/mol. The SMILES string of the molecule is COc1ccc(C2CC(=O)N(c3cccc(C(N)=O)c3)C2)c(Oc2cc(F)ccc2C)c1. The number of anilines is 1. The number of benzene rings is 3. The molecule has 2 N–H and O–H groups in total. The van der Waals surface area contributed by atoms with Gasteiger partial charge in [0.15, 0.2) is 0 Å². The zero-order valence-corrected chi connectivity index (χ0v) is 17.8. The number of hydrogen-bond donors (Lipinski definition) is 1. The average molecular weight is 434 g/mol. The van der Waals surface area contributed by atoms with Crippen molar-refractivity contribution in [2.75, 3.05) is 18.6 Å². The lowest BCUT2D eigenvalue weighted by atomic mass is 9.97. The summed E-state index contributed by atoms with van der Waals surface area (Å²) in [5.41, 5.74) is 7.94. The number of rotatable bonds is 6. The van der Waals surface area contributed by atoms with Crippen molar-refractivity contribution in [3.05, 3.63) is 83.2 Å². The van der Waals surface area contributed by atoms with Crippen molar-refractivity contribution in [2.45, 2.75) is 19.3 Å². The predicted octanol–water partition coefficient (Wildman–Crippen LogP) is 4.55. The number of methoxy groups -OCH3 is 1. The first-order valence-corrected chi connectivity index (χ1v) is 10.2. The van der Waals surface area contributed by atoms with Gasteiger partial charge in [-0.25, -0.2) is 4.39 Å². The molecule has 3 aromatic rings. The molecule has 6 nitrogen and oxygen atoms in total. The van der Waals surface area contributed by atoms with Crippen LogP contribution in [-0.4, -0.2) is 25.5 Å². The fraction of sp³-hybridized carbons (Fsp3) is 0.200. The first-order valence-electron chi connectivity index (χ1n) is 10.2. The van der Waals surface area contributed by atoms with E-state index >= 15 is 0 Å². The van der Waals surface area contributed by atoms with Gasteiger partial charge in [-0.05, 0) is 42.8 Å². The number of primary amides is 1. The second kappa shape index (κ2) is 8.70.